The van der Waals surface area contributed by atoms with E-state index in [0.29, 0.717) is 17.1 Å². The number of nitrogen functional groups attached to an aromatic ring is 1. The van der Waals surface area contributed by atoms with E-state index in [1.807, 2.05) is 30.3 Å². The molecule has 0 unspecified atom stereocenters. The fourth-order valence-corrected chi connectivity index (χ4v) is 3.07. The van der Waals surface area contributed by atoms with Gasteiger partial charge in [0.1, 0.15) is 5.82 Å². The number of nitrogens with zero attached hydrogens (tertiary/aromatic N) is 2. The number of amides is 1. The molecule has 0 aliphatic carbocycles. The Bertz CT molecular complexity index is 1120. The first-order chi connectivity index (χ1) is 12.0. The number of halogens is 1. The van der Waals surface area contributed by atoms with E-state index in [9.17, 15) is 9.18 Å². The number of carbonyl (C=O) groups excluding carboxylic acids is 1. The lowest BCUT2D eigenvalue weighted by molar-refractivity contribution is -0.117. The smallest absolute Gasteiger partial charge is 0.223 e. The van der Waals surface area contributed by atoms with Gasteiger partial charge >= 0.3 is 0 Å². The molecular weight excluding hydrogens is 319 g/mol. The summed E-state index contributed by atoms with van der Waals surface area (Å²) < 4.78 is 15.0. The second-order valence-corrected chi connectivity index (χ2v) is 5.92. The van der Waals surface area contributed by atoms with Crippen LogP contribution >= 0.6 is 0 Å². The minimum absolute atomic E-state index is 0.0263. The van der Waals surface area contributed by atoms with Gasteiger partial charge in [0.15, 0.2) is 0 Å². The van der Waals surface area contributed by atoms with Crippen LogP contribution in [0.15, 0.2) is 54.6 Å². The first-order valence-electron chi connectivity index (χ1n) is 7.77. The molecule has 5 nitrogen and oxygen atoms in total. The number of aromatic nitrogens is 2. The van der Waals surface area contributed by atoms with Crippen LogP contribution in [0.5, 0.6) is 0 Å². The number of anilines is 1. The first kappa shape index (κ1) is 15.1. The van der Waals surface area contributed by atoms with E-state index in [4.69, 9.17) is 11.5 Å². The van der Waals surface area contributed by atoms with Crippen LogP contribution in [0.2, 0.25) is 0 Å². The van der Waals surface area contributed by atoms with Gasteiger partial charge in [-0.15, -0.1) is 0 Å². The Balaban J connectivity index is 2.10. The molecule has 1 amide bonds. The maximum atomic E-state index is 13.3. The summed E-state index contributed by atoms with van der Waals surface area (Å²) in [7, 11) is 0. The van der Waals surface area contributed by atoms with E-state index >= 15 is 0 Å². The number of benzene rings is 3. The Hall–Kier alpha value is -3.41. The average Bonchev–Trinajstić information content (AvgIpc) is 2.94. The van der Waals surface area contributed by atoms with Gasteiger partial charge in [-0.25, -0.2) is 9.07 Å². The molecule has 25 heavy (non-hydrogen) atoms. The molecule has 0 saturated carbocycles. The van der Waals surface area contributed by atoms with E-state index in [2.05, 4.69) is 5.10 Å². The van der Waals surface area contributed by atoms with Crippen molar-refractivity contribution in [1.29, 1.82) is 0 Å². The summed E-state index contributed by atoms with van der Waals surface area (Å²) in [6, 6.07) is 15.5. The van der Waals surface area contributed by atoms with Gasteiger partial charge in [0, 0.05) is 16.5 Å². The molecule has 0 atom stereocenters. The topological polar surface area (TPSA) is 86.9 Å². The summed E-state index contributed by atoms with van der Waals surface area (Å²) in [4.78, 5) is 11.4. The van der Waals surface area contributed by atoms with Gasteiger partial charge in [0.05, 0.1) is 23.3 Å². The van der Waals surface area contributed by atoms with Crippen LogP contribution in [-0.2, 0) is 11.2 Å². The molecule has 0 aliphatic heterocycles. The van der Waals surface area contributed by atoms with Crippen LogP contribution in [0.1, 0.15) is 5.69 Å². The number of nitrogens with two attached hydrogens (primary N) is 2. The quantitative estimate of drug-likeness (QED) is 0.565. The fourth-order valence-electron chi connectivity index (χ4n) is 3.07. The number of primary amides is 1. The van der Waals surface area contributed by atoms with Gasteiger partial charge in [0.25, 0.3) is 0 Å². The summed E-state index contributed by atoms with van der Waals surface area (Å²) in [5.41, 5.74) is 14.0. The summed E-state index contributed by atoms with van der Waals surface area (Å²) in [5.74, 6) is -0.787. The summed E-state index contributed by atoms with van der Waals surface area (Å²) >= 11 is 0. The highest BCUT2D eigenvalue weighted by Gasteiger charge is 2.16. The number of rotatable bonds is 3. The zero-order valence-electron chi connectivity index (χ0n) is 13.2. The van der Waals surface area contributed by atoms with Crippen molar-refractivity contribution in [2.45, 2.75) is 6.42 Å². The standard InChI is InChI=1S/C19H15FN4O/c20-12-3-6-14(7-4-12)24-19-15(17(23-24)10-18(22)25)8-2-11-1-5-13(21)9-16(11)19/h1-9H,10,21H2,(H2,22,25). The average molecular weight is 334 g/mol. The third-order valence-electron chi connectivity index (χ3n) is 4.17. The van der Waals surface area contributed by atoms with Gasteiger partial charge in [-0.05, 0) is 41.8 Å². The van der Waals surface area contributed by atoms with Crippen molar-refractivity contribution in [2.24, 2.45) is 5.73 Å². The van der Waals surface area contributed by atoms with Crippen LogP contribution in [0.25, 0.3) is 27.4 Å². The molecule has 0 saturated heterocycles. The molecule has 124 valence electrons. The molecule has 0 aliphatic rings. The molecular formula is C19H15FN4O. The highest BCUT2D eigenvalue weighted by atomic mass is 19.1. The monoisotopic (exact) mass is 334 g/mol. The van der Waals surface area contributed by atoms with E-state index in [1.165, 1.54) is 12.1 Å². The van der Waals surface area contributed by atoms with Crippen molar-refractivity contribution < 1.29 is 9.18 Å². The molecule has 0 bridgehead atoms. The van der Waals surface area contributed by atoms with Crippen LogP contribution in [0.4, 0.5) is 10.1 Å². The molecule has 0 fully saturated rings. The van der Waals surface area contributed by atoms with Crippen molar-refractivity contribution >= 4 is 33.3 Å². The van der Waals surface area contributed by atoms with Crippen molar-refractivity contribution in [2.75, 3.05) is 5.73 Å². The Morgan fingerprint density at radius 3 is 2.48 bits per heavy atom. The van der Waals surface area contributed by atoms with Crippen molar-refractivity contribution in [3.8, 4) is 5.69 Å². The second kappa shape index (κ2) is 5.59. The third-order valence-corrected chi connectivity index (χ3v) is 4.17. The number of carbonyl (C=O) groups is 1. The van der Waals surface area contributed by atoms with Gasteiger partial charge < -0.3 is 11.5 Å². The van der Waals surface area contributed by atoms with Crippen LogP contribution in [0, 0.1) is 5.82 Å². The second-order valence-electron chi connectivity index (χ2n) is 5.92. The minimum Gasteiger partial charge on any atom is -0.399 e. The maximum absolute atomic E-state index is 13.3. The molecule has 0 radical (unpaired) electrons. The van der Waals surface area contributed by atoms with E-state index < -0.39 is 5.91 Å². The molecule has 1 heterocycles. The summed E-state index contributed by atoms with van der Waals surface area (Å²) in [6.07, 6.45) is 0.0263. The van der Waals surface area contributed by atoms with Crippen LogP contribution in [-0.4, -0.2) is 15.7 Å². The fraction of sp³-hybridized carbons (Fsp3) is 0.0526. The normalized spacial score (nSPS) is 11.2. The molecule has 4 N–H and O–H groups in total. The Kier molecular flexibility index (Phi) is 3.39. The molecule has 6 heteroatoms. The largest absolute Gasteiger partial charge is 0.399 e. The number of fused-ring (bicyclic) bond motifs is 3. The molecule has 0 spiro atoms. The zero-order valence-corrected chi connectivity index (χ0v) is 13.2. The lowest BCUT2D eigenvalue weighted by atomic mass is 10.0. The highest BCUT2D eigenvalue weighted by molar-refractivity contribution is 6.08. The molecule has 4 aromatic rings. The predicted octanol–water partition coefficient (Wildman–Crippen LogP) is 2.93. The summed E-state index contributed by atoms with van der Waals surface area (Å²) in [5, 5.41) is 7.29. The summed E-state index contributed by atoms with van der Waals surface area (Å²) in [6.45, 7) is 0. The van der Waals surface area contributed by atoms with Crippen molar-refractivity contribution in [1.82, 2.24) is 9.78 Å². The Labute approximate surface area is 142 Å². The molecule has 4 rings (SSSR count). The maximum Gasteiger partial charge on any atom is 0.223 e. The molecule has 1 aromatic heterocycles. The van der Waals surface area contributed by atoms with Crippen molar-refractivity contribution in [3.05, 3.63) is 66.1 Å². The molecule has 3 aromatic carbocycles. The van der Waals surface area contributed by atoms with Gasteiger partial charge in [-0.2, -0.15) is 5.10 Å². The Morgan fingerprint density at radius 1 is 1.04 bits per heavy atom. The highest BCUT2D eigenvalue weighted by Crippen LogP contribution is 2.31. The van der Waals surface area contributed by atoms with Gasteiger partial charge in [0.2, 0.25) is 5.91 Å². The van der Waals surface area contributed by atoms with Gasteiger partial charge in [-0.1, -0.05) is 18.2 Å². The lowest BCUT2D eigenvalue weighted by Crippen LogP contribution is -2.14. The Morgan fingerprint density at radius 2 is 1.76 bits per heavy atom. The predicted molar refractivity (Wildman–Crippen MR) is 95.8 cm³/mol. The van der Waals surface area contributed by atoms with E-state index in [-0.39, 0.29) is 12.2 Å². The minimum atomic E-state index is -0.460. The van der Waals surface area contributed by atoms with Gasteiger partial charge in [-0.3, -0.25) is 4.79 Å². The SMILES string of the molecule is NC(=O)Cc1nn(-c2ccc(F)cc2)c2c1ccc1ccc(N)cc12. The van der Waals surface area contributed by atoms with E-state index in [1.54, 1.807) is 16.8 Å². The van der Waals surface area contributed by atoms with Crippen LogP contribution < -0.4 is 11.5 Å². The third kappa shape index (κ3) is 2.57. The van der Waals surface area contributed by atoms with Crippen molar-refractivity contribution in [3.63, 3.8) is 0 Å². The number of hydrogen-bond donors (Lipinski definition) is 2. The van der Waals surface area contributed by atoms with E-state index in [0.717, 1.165) is 21.7 Å². The van der Waals surface area contributed by atoms with Crippen LogP contribution in [0.3, 0.4) is 0 Å². The lowest BCUT2D eigenvalue weighted by Gasteiger charge is -2.07. The first-order valence-corrected chi connectivity index (χ1v) is 7.77. The number of hydrogen-bond acceptors (Lipinski definition) is 3. The zero-order chi connectivity index (χ0) is 17.6.